The molecule has 0 aliphatic carbocycles. The highest BCUT2D eigenvalue weighted by molar-refractivity contribution is 5.29. The van der Waals surface area contributed by atoms with Crippen LogP contribution in [0.1, 0.15) is 38.5 Å². The highest BCUT2D eigenvalue weighted by atomic mass is 16.3. The van der Waals surface area contributed by atoms with Crippen LogP contribution < -0.4 is 0 Å². The standard InChI is InChI=1S/C17H22O/c1-3-5-6-7-8-9-10-11-12-13-14-15-16-17(18)4-2/h3-4,10-11,17-18H,1-2,5-9,12H2/b11-10+/t17-/m0/s1. The van der Waals surface area contributed by atoms with Crippen molar-refractivity contribution in [3.05, 3.63) is 37.5 Å². The average Bonchev–Trinajstić information content (AvgIpc) is 2.39. The molecule has 1 N–H and O–H groups in total. The zero-order valence-corrected chi connectivity index (χ0v) is 11.0. The van der Waals surface area contributed by atoms with Gasteiger partial charge in [-0.1, -0.05) is 49.1 Å². The predicted molar refractivity (Wildman–Crippen MR) is 78.8 cm³/mol. The number of rotatable bonds is 8. The summed E-state index contributed by atoms with van der Waals surface area (Å²) in [4.78, 5) is 0. The lowest BCUT2D eigenvalue weighted by Gasteiger charge is -1.93. The molecule has 0 saturated heterocycles. The highest BCUT2D eigenvalue weighted by Gasteiger charge is 1.85. The molecular formula is C17H22O. The number of aliphatic hydroxyl groups excluding tert-OH is 1. The summed E-state index contributed by atoms with van der Waals surface area (Å²) in [7, 11) is 0. The topological polar surface area (TPSA) is 20.2 Å². The van der Waals surface area contributed by atoms with Crippen LogP contribution in [0.15, 0.2) is 37.5 Å². The first kappa shape index (κ1) is 16.3. The van der Waals surface area contributed by atoms with Crippen LogP contribution in [-0.4, -0.2) is 11.2 Å². The van der Waals surface area contributed by atoms with Crippen LogP contribution in [0.4, 0.5) is 0 Å². The van der Waals surface area contributed by atoms with Gasteiger partial charge in [0.2, 0.25) is 0 Å². The van der Waals surface area contributed by atoms with Crippen molar-refractivity contribution in [3.63, 3.8) is 0 Å². The molecule has 1 atom stereocenters. The molecule has 1 heteroatoms. The molecule has 0 fully saturated rings. The van der Waals surface area contributed by atoms with E-state index in [1.807, 2.05) is 6.08 Å². The molecule has 0 saturated carbocycles. The second-order valence-electron chi connectivity index (χ2n) is 3.85. The first-order valence-corrected chi connectivity index (χ1v) is 6.36. The molecule has 0 spiro atoms. The van der Waals surface area contributed by atoms with Crippen LogP contribution in [-0.2, 0) is 0 Å². The summed E-state index contributed by atoms with van der Waals surface area (Å²) in [5.74, 6) is 10.7. The van der Waals surface area contributed by atoms with Gasteiger partial charge in [0.25, 0.3) is 0 Å². The number of allylic oxidation sites excluding steroid dienone is 3. The Morgan fingerprint density at radius 1 is 1.00 bits per heavy atom. The van der Waals surface area contributed by atoms with E-state index in [0.717, 1.165) is 12.8 Å². The van der Waals surface area contributed by atoms with Crippen LogP contribution in [0, 0.1) is 23.7 Å². The second-order valence-corrected chi connectivity index (χ2v) is 3.85. The van der Waals surface area contributed by atoms with Gasteiger partial charge >= 0.3 is 0 Å². The fraction of sp³-hybridized carbons (Fsp3) is 0.412. The lowest BCUT2D eigenvalue weighted by Crippen LogP contribution is -1.94. The van der Waals surface area contributed by atoms with Gasteiger partial charge in [0.15, 0.2) is 0 Å². The van der Waals surface area contributed by atoms with E-state index < -0.39 is 6.10 Å². The number of aliphatic hydroxyl groups is 1. The van der Waals surface area contributed by atoms with Gasteiger partial charge in [0.1, 0.15) is 6.10 Å². The molecule has 0 aromatic heterocycles. The predicted octanol–water partition coefficient (Wildman–Crippen LogP) is 3.62. The quantitative estimate of drug-likeness (QED) is 0.391. The molecule has 0 unspecified atom stereocenters. The van der Waals surface area contributed by atoms with Gasteiger partial charge in [-0.15, -0.1) is 6.58 Å². The zero-order chi connectivity index (χ0) is 13.5. The van der Waals surface area contributed by atoms with E-state index in [4.69, 9.17) is 5.11 Å². The van der Waals surface area contributed by atoms with Gasteiger partial charge in [-0.25, -0.2) is 0 Å². The largest absolute Gasteiger partial charge is 0.377 e. The van der Waals surface area contributed by atoms with Gasteiger partial charge in [0, 0.05) is 6.42 Å². The van der Waals surface area contributed by atoms with E-state index in [0.29, 0.717) is 6.42 Å². The lowest BCUT2D eigenvalue weighted by molar-refractivity contribution is 0.281. The van der Waals surface area contributed by atoms with Crippen LogP contribution >= 0.6 is 0 Å². The molecular weight excluding hydrogens is 220 g/mol. The Bertz CT molecular complexity index is 368. The van der Waals surface area contributed by atoms with Crippen molar-refractivity contribution in [1.29, 1.82) is 0 Å². The molecule has 0 rings (SSSR count). The van der Waals surface area contributed by atoms with Gasteiger partial charge in [-0.3, -0.25) is 0 Å². The van der Waals surface area contributed by atoms with Crippen LogP contribution in [0.2, 0.25) is 0 Å². The summed E-state index contributed by atoms with van der Waals surface area (Å²) in [6.45, 7) is 7.12. The van der Waals surface area contributed by atoms with Crippen molar-refractivity contribution in [1.82, 2.24) is 0 Å². The summed E-state index contributed by atoms with van der Waals surface area (Å²) >= 11 is 0. The molecule has 0 aromatic rings. The molecule has 0 aliphatic rings. The summed E-state index contributed by atoms with van der Waals surface area (Å²) in [5.41, 5.74) is 0. The van der Waals surface area contributed by atoms with Gasteiger partial charge in [-0.2, -0.15) is 0 Å². The fourth-order valence-electron chi connectivity index (χ4n) is 1.25. The molecule has 0 heterocycles. The maximum absolute atomic E-state index is 9.04. The summed E-state index contributed by atoms with van der Waals surface area (Å²) < 4.78 is 0. The van der Waals surface area contributed by atoms with Crippen LogP contribution in [0.5, 0.6) is 0 Å². The van der Waals surface area contributed by atoms with Crippen LogP contribution in [0.25, 0.3) is 0 Å². The molecule has 96 valence electrons. The van der Waals surface area contributed by atoms with Crippen molar-refractivity contribution >= 4 is 0 Å². The first-order chi connectivity index (χ1) is 8.81. The number of hydrogen-bond acceptors (Lipinski definition) is 1. The van der Waals surface area contributed by atoms with Crippen molar-refractivity contribution < 1.29 is 5.11 Å². The average molecular weight is 242 g/mol. The SMILES string of the molecule is C=CCCCCC/C=C/CC#CC#C[C@@H](O)C=C. The van der Waals surface area contributed by atoms with E-state index in [-0.39, 0.29) is 0 Å². The minimum atomic E-state index is -0.773. The summed E-state index contributed by atoms with van der Waals surface area (Å²) in [5, 5.41) is 9.04. The third kappa shape index (κ3) is 12.4. The van der Waals surface area contributed by atoms with Gasteiger partial charge in [0.05, 0.1) is 0 Å². The Hall–Kier alpha value is -1.70. The molecule has 0 aromatic carbocycles. The molecule has 0 aliphatic heterocycles. The van der Waals surface area contributed by atoms with Gasteiger partial charge in [-0.05, 0) is 37.5 Å². The minimum absolute atomic E-state index is 0.714. The van der Waals surface area contributed by atoms with Crippen LogP contribution in [0.3, 0.4) is 0 Å². The minimum Gasteiger partial charge on any atom is -0.377 e. The third-order valence-electron chi connectivity index (χ3n) is 2.26. The molecule has 18 heavy (non-hydrogen) atoms. The van der Waals surface area contributed by atoms with Crippen molar-refractivity contribution in [3.8, 4) is 23.7 Å². The summed E-state index contributed by atoms with van der Waals surface area (Å²) in [6.07, 6.45) is 13.5. The molecule has 1 nitrogen and oxygen atoms in total. The van der Waals surface area contributed by atoms with Crippen molar-refractivity contribution in [2.45, 2.75) is 44.6 Å². The smallest absolute Gasteiger partial charge is 0.134 e. The van der Waals surface area contributed by atoms with Crippen molar-refractivity contribution in [2.75, 3.05) is 0 Å². The van der Waals surface area contributed by atoms with E-state index in [1.165, 1.54) is 25.3 Å². The zero-order valence-electron chi connectivity index (χ0n) is 11.0. The fourth-order valence-corrected chi connectivity index (χ4v) is 1.25. The Kier molecular flexibility index (Phi) is 12.1. The number of hydrogen-bond donors (Lipinski definition) is 1. The first-order valence-electron chi connectivity index (χ1n) is 6.36. The Morgan fingerprint density at radius 3 is 2.50 bits per heavy atom. The van der Waals surface area contributed by atoms with Crippen molar-refractivity contribution in [2.24, 2.45) is 0 Å². The molecule has 0 bridgehead atoms. The maximum Gasteiger partial charge on any atom is 0.134 e. The third-order valence-corrected chi connectivity index (χ3v) is 2.26. The lowest BCUT2D eigenvalue weighted by atomic mass is 10.1. The summed E-state index contributed by atoms with van der Waals surface area (Å²) in [6, 6.07) is 0. The Morgan fingerprint density at radius 2 is 1.78 bits per heavy atom. The van der Waals surface area contributed by atoms with E-state index in [9.17, 15) is 0 Å². The monoisotopic (exact) mass is 242 g/mol. The van der Waals surface area contributed by atoms with E-state index >= 15 is 0 Å². The molecule has 0 radical (unpaired) electrons. The van der Waals surface area contributed by atoms with E-state index in [1.54, 1.807) is 0 Å². The normalized spacial score (nSPS) is 10.9. The maximum atomic E-state index is 9.04. The van der Waals surface area contributed by atoms with Gasteiger partial charge < -0.3 is 5.11 Å². The Balaban J connectivity index is 3.52. The number of unbranched alkanes of at least 4 members (excludes halogenated alkanes) is 4. The highest BCUT2D eigenvalue weighted by Crippen LogP contribution is 2.03. The van der Waals surface area contributed by atoms with E-state index in [2.05, 4.69) is 49.0 Å². The molecule has 0 amide bonds. The Labute approximate surface area is 111 Å². The second kappa shape index (κ2) is 13.4.